The van der Waals surface area contributed by atoms with Crippen molar-refractivity contribution in [2.75, 3.05) is 31.6 Å². The van der Waals surface area contributed by atoms with Crippen LogP contribution >= 0.6 is 22.7 Å². The van der Waals surface area contributed by atoms with Crippen LogP contribution in [0.4, 0.5) is 5.82 Å². The molecule has 0 radical (unpaired) electrons. The van der Waals surface area contributed by atoms with E-state index in [0.29, 0.717) is 6.54 Å². The predicted molar refractivity (Wildman–Crippen MR) is 120 cm³/mol. The monoisotopic (exact) mass is 441 g/mol. The Labute approximate surface area is 182 Å². The number of aryl methyl sites for hydroxylation is 2. The lowest BCUT2D eigenvalue weighted by Gasteiger charge is -2.25. The van der Waals surface area contributed by atoms with E-state index in [-0.39, 0.29) is 0 Å². The molecule has 30 heavy (non-hydrogen) atoms. The lowest BCUT2D eigenvalue weighted by Crippen LogP contribution is -2.36. The molecule has 5 heterocycles. The molecule has 0 atom stereocenters. The fourth-order valence-corrected chi connectivity index (χ4v) is 5.22. The van der Waals surface area contributed by atoms with Crippen molar-refractivity contribution < 1.29 is 4.74 Å². The number of hydrogen-bond acceptors (Lipinski definition) is 9. The van der Waals surface area contributed by atoms with Crippen molar-refractivity contribution in [1.82, 2.24) is 30.0 Å². The first-order valence-corrected chi connectivity index (χ1v) is 11.6. The average Bonchev–Trinajstić information content (AvgIpc) is 3.48. The molecule has 1 fully saturated rings. The Morgan fingerprint density at radius 1 is 1.20 bits per heavy atom. The molecule has 0 aromatic carbocycles. The second-order valence-electron chi connectivity index (χ2n) is 7.28. The molecule has 1 aliphatic rings. The molecule has 8 nitrogen and oxygen atoms in total. The van der Waals surface area contributed by atoms with E-state index in [0.717, 1.165) is 71.2 Å². The van der Waals surface area contributed by atoms with Gasteiger partial charge in [-0.25, -0.2) is 15.0 Å². The number of ether oxygens (including phenoxy) is 1. The zero-order valence-electron chi connectivity index (χ0n) is 16.9. The van der Waals surface area contributed by atoms with Crippen LogP contribution in [0.25, 0.3) is 20.9 Å². The summed E-state index contributed by atoms with van der Waals surface area (Å²) in [5.41, 5.74) is 1.23. The standard InChI is InChI=1S/C20H23N7OS2/c1-12-13(2)30-20-17(12)19(23-16(24-20)11-27-5-7-28-8-6-27)21-10-15-22-18(26-25-15)14-4-3-9-29-14/h3-4,9H,5-8,10-11H2,1-2H3,(H,21,23,24)(H,22,25,26). The summed E-state index contributed by atoms with van der Waals surface area (Å²) in [6, 6.07) is 4.03. The van der Waals surface area contributed by atoms with E-state index in [1.54, 1.807) is 22.7 Å². The Kier molecular flexibility index (Phi) is 5.47. The van der Waals surface area contributed by atoms with E-state index in [1.807, 2.05) is 17.5 Å². The molecule has 1 aliphatic heterocycles. The molecule has 1 saturated heterocycles. The first kappa shape index (κ1) is 19.6. The lowest BCUT2D eigenvalue weighted by atomic mass is 10.2. The van der Waals surface area contributed by atoms with Crippen molar-refractivity contribution in [3.05, 3.63) is 39.6 Å². The third-order valence-corrected chi connectivity index (χ3v) is 7.21. The number of aromatic amines is 1. The van der Waals surface area contributed by atoms with Crippen LogP contribution in [0.5, 0.6) is 0 Å². The Hall–Kier alpha value is -2.40. The third kappa shape index (κ3) is 3.95. The van der Waals surface area contributed by atoms with Crippen molar-refractivity contribution in [2.45, 2.75) is 26.9 Å². The van der Waals surface area contributed by atoms with Gasteiger partial charge in [0.05, 0.1) is 36.6 Å². The number of fused-ring (bicyclic) bond motifs is 1. The minimum Gasteiger partial charge on any atom is -0.379 e. The maximum absolute atomic E-state index is 5.46. The highest BCUT2D eigenvalue weighted by Gasteiger charge is 2.18. The summed E-state index contributed by atoms with van der Waals surface area (Å²) in [6.07, 6.45) is 0. The molecule has 0 spiro atoms. The van der Waals surface area contributed by atoms with Gasteiger partial charge in [-0.05, 0) is 30.9 Å². The van der Waals surface area contributed by atoms with Gasteiger partial charge in [-0.2, -0.15) is 5.10 Å². The first-order valence-electron chi connectivity index (χ1n) is 9.93. The number of rotatable bonds is 6. The van der Waals surface area contributed by atoms with Crippen molar-refractivity contribution in [3.63, 3.8) is 0 Å². The number of nitrogens with zero attached hydrogens (tertiary/aromatic N) is 5. The molecule has 0 saturated carbocycles. The van der Waals surface area contributed by atoms with Crippen LogP contribution in [-0.4, -0.2) is 56.4 Å². The Bertz CT molecular complexity index is 1150. The molecule has 0 unspecified atom stereocenters. The van der Waals surface area contributed by atoms with Gasteiger partial charge in [0.2, 0.25) is 0 Å². The van der Waals surface area contributed by atoms with Crippen LogP contribution < -0.4 is 5.32 Å². The Morgan fingerprint density at radius 3 is 2.87 bits per heavy atom. The molecular formula is C20H23N7OS2. The van der Waals surface area contributed by atoms with Crippen LogP contribution in [0.2, 0.25) is 0 Å². The van der Waals surface area contributed by atoms with Gasteiger partial charge in [-0.15, -0.1) is 22.7 Å². The Balaban J connectivity index is 1.40. The summed E-state index contributed by atoms with van der Waals surface area (Å²) in [7, 11) is 0. The smallest absolute Gasteiger partial charge is 0.191 e. The fraction of sp³-hybridized carbons (Fsp3) is 0.400. The molecule has 0 bridgehead atoms. The summed E-state index contributed by atoms with van der Waals surface area (Å²) >= 11 is 3.36. The normalized spacial score (nSPS) is 15.1. The highest BCUT2D eigenvalue weighted by molar-refractivity contribution is 7.18. The number of H-pyrrole nitrogens is 1. The van der Waals surface area contributed by atoms with Gasteiger partial charge in [-0.1, -0.05) is 6.07 Å². The van der Waals surface area contributed by atoms with Gasteiger partial charge in [0.15, 0.2) is 5.82 Å². The van der Waals surface area contributed by atoms with Gasteiger partial charge < -0.3 is 10.1 Å². The van der Waals surface area contributed by atoms with Crippen molar-refractivity contribution in [2.24, 2.45) is 0 Å². The number of anilines is 1. The summed E-state index contributed by atoms with van der Waals surface area (Å²) in [4.78, 5) is 20.0. The van der Waals surface area contributed by atoms with E-state index >= 15 is 0 Å². The van der Waals surface area contributed by atoms with Gasteiger partial charge in [0.1, 0.15) is 22.3 Å². The molecular weight excluding hydrogens is 418 g/mol. The minimum atomic E-state index is 0.524. The number of hydrogen-bond donors (Lipinski definition) is 2. The third-order valence-electron chi connectivity index (χ3n) is 5.24. The first-order chi connectivity index (χ1) is 14.7. The number of thiophene rings is 2. The summed E-state index contributed by atoms with van der Waals surface area (Å²) in [5, 5.41) is 14.0. The van der Waals surface area contributed by atoms with E-state index in [9.17, 15) is 0 Å². The van der Waals surface area contributed by atoms with E-state index in [1.165, 1.54) is 10.4 Å². The van der Waals surface area contributed by atoms with Crippen molar-refractivity contribution in [1.29, 1.82) is 0 Å². The number of aromatic nitrogens is 5. The van der Waals surface area contributed by atoms with Crippen LogP contribution in [0.3, 0.4) is 0 Å². The summed E-state index contributed by atoms with van der Waals surface area (Å²) in [6.45, 7) is 8.88. The lowest BCUT2D eigenvalue weighted by molar-refractivity contribution is 0.0331. The molecule has 0 amide bonds. The van der Waals surface area contributed by atoms with E-state index < -0.39 is 0 Å². The molecule has 156 valence electrons. The molecule has 4 aromatic heterocycles. The maximum atomic E-state index is 5.46. The second-order valence-corrected chi connectivity index (χ2v) is 9.43. The van der Waals surface area contributed by atoms with Gasteiger partial charge in [0, 0.05) is 18.0 Å². The second kappa shape index (κ2) is 8.38. The number of nitrogens with one attached hydrogen (secondary N) is 2. The van der Waals surface area contributed by atoms with Crippen molar-refractivity contribution >= 4 is 38.7 Å². The van der Waals surface area contributed by atoms with Crippen LogP contribution in [0.15, 0.2) is 17.5 Å². The molecule has 4 aromatic rings. The molecule has 0 aliphatic carbocycles. The predicted octanol–water partition coefficient (Wildman–Crippen LogP) is 3.60. The van der Waals surface area contributed by atoms with Crippen molar-refractivity contribution in [3.8, 4) is 10.7 Å². The fourth-order valence-electron chi connectivity index (χ4n) is 3.51. The molecule has 5 rings (SSSR count). The molecule has 2 N–H and O–H groups in total. The van der Waals surface area contributed by atoms with Gasteiger partial charge in [0.25, 0.3) is 0 Å². The van der Waals surface area contributed by atoms with E-state index in [4.69, 9.17) is 14.7 Å². The topological polar surface area (TPSA) is 91.8 Å². The largest absolute Gasteiger partial charge is 0.379 e. The van der Waals surface area contributed by atoms with E-state index in [2.05, 4.69) is 39.2 Å². The number of morpholine rings is 1. The molecule has 10 heteroatoms. The van der Waals surface area contributed by atoms with Gasteiger partial charge in [-0.3, -0.25) is 10.00 Å². The van der Waals surface area contributed by atoms with Gasteiger partial charge >= 0.3 is 0 Å². The highest BCUT2D eigenvalue weighted by atomic mass is 32.1. The SMILES string of the molecule is Cc1sc2nc(CN3CCOCC3)nc(NCc3nc(-c4cccs4)n[nH]3)c2c1C. The highest BCUT2D eigenvalue weighted by Crippen LogP contribution is 2.33. The van der Waals surface area contributed by atoms with Crippen LogP contribution in [0.1, 0.15) is 22.1 Å². The minimum absolute atomic E-state index is 0.524. The van der Waals surface area contributed by atoms with Crippen LogP contribution in [0, 0.1) is 13.8 Å². The maximum Gasteiger partial charge on any atom is 0.191 e. The average molecular weight is 442 g/mol. The van der Waals surface area contributed by atoms with Crippen LogP contribution in [-0.2, 0) is 17.8 Å². The summed E-state index contributed by atoms with van der Waals surface area (Å²) < 4.78 is 5.46. The zero-order valence-corrected chi connectivity index (χ0v) is 18.6. The quantitative estimate of drug-likeness (QED) is 0.472. The Morgan fingerprint density at radius 2 is 2.07 bits per heavy atom. The summed E-state index contributed by atoms with van der Waals surface area (Å²) in [5.74, 6) is 3.21. The zero-order chi connectivity index (χ0) is 20.5.